The Morgan fingerprint density at radius 2 is 1.59 bits per heavy atom. The molecule has 0 saturated carbocycles. The summed E-state index contributed by atoms with van der Waals surface area (Å²) in [6.45, 7) is 4.16. The van der Waals surface area contributed by atoms with Crippen LogP contribution in [0.2, 0.25) is 0 Å². The molecule has 0 amide bonds. The summed E-state index contributed by atoms with van der Waals surface area (Å²) in [6, 6.07) is 2.92. The van der Waals surface area contributed by atoms with Gasteiger partial charge < -0.3 is 30.4 Å². The highest BCUT2D eigenvalue weighted by Crippen LogP contribution is 2.41. The van der Waals surface area contributed by atoms with Crippen LogP contribution in [0.1, 0.15) is 34.6 Å². The lowest BCUT2D eigenvalue weighted by Gasteiger charge is -2.17. The third-order valence-electron chi connectivity index (χ3n) is 3.57. The van der Waals surface area contributed by atoms with Gasteiger partial charge in [-0.3, -0.25) is 4.79 Å². The van der Waals surface area contributed by atoms with Crippen molar-refractivity contribution in [2.45, 2.75) is 13.8 Å². The third kappa shape index (κ3) is 3.90. The van der Waals surface area contributed by atoms with Crippen molar-refractivity contribution in [3.05, 3.63) is 38.1 Å². The zero-order chi connectivity index (χ0) is 20.3. The standard InChI is InChI=1S/C17H17BrN2O7/c1-3-26-9-5-7(8(18)6-10(9)27-4-2)11-12(16(22)23)14(19)20-15(21)13(11)17(24)25/h5-6H,3-4H2,1-2H3,(H,22,23)(H,24,25)(H3,19,20,21). The van der Waals surface area contributed by atoms with Crippen LogP contribution >= 0.6 is 15.9 Å². The lowest BCUT2D eigenvalue weighted by molar-refractivity contribution is 0.0695. The number of nitrogens with one attached hydrogen (secondary N) is 1. The number of anilines is 1. The summed E-state index contributed by atoms with van der Waals surface area (Å²) in [5, 5.41) is 19.0. The van der Waals surface area contributed by atoms with E-state index in [9.17, 15) is 24.6 Å². The molecule has 0 spiro atoms. The van der Waals surface area contributed by atoms with Gasteiger partial charge in [-0.1, -0.05) is 15.9 Å². The minimum Gasteiger partial charge on any atom is -0.490 e. The number of aromatic amines is 1. The normalized spacial score (nSPS) is 10.5. The van der Waals surface area contributed by atoms with E-state index in [1.807, 2.05) is 0 Å². The molecule has 0 aliphatic rings. The first-order chi connectivity index (χ1) is 12.7. The molecule has 0 atom stereocenters. The van der Waals surface area contributed by atoms with Crippen molar-refractivity contribution in [2.24, 2.45) is 0 Å². The van der Waals surface area contributed by atoms with Crippen molar-refractivity contribution in [1.29, 1.82) is 0 Å². The Kier molecular flexibility index (Phi) is 6.11. The Bertz CT molecular complexity index is 969. The van der Waals surface area contributed by atoms with Crippen LogP contribution in [0.4, 0.5) is 5.82 Å². The average Bonchev–Trinajstić information content (AvgIpc) is 2.56. The van der Waals surface area contributed by atoms with Crippen LogP contribution in [0.15, 0.2) is 21.4 Å². The topological polar surface area (TPSA) is 152 Å². The number of pyridine rings is 1. The summed E-state index contributed by atoms with van der Waals surface area (Å²) >= 11 is 3.28. The number of hydrogen-bond donors (Lipinski definition) is 4. The van der Waals surface area contributed by atoms with E-state index in [-0.39, 0.29) is 23.5 Å². The maximum Gasteiger partial charge on any atom is 0.342 e. The highest BCUT2D eigenvalue weighted by Gasteiger charge is 2.28. The molecule has 0 bridgehead atoms. The van der Waals surface area contributed by atoms with Gasteiger partial charge in [0.25, 0.3) is 5.56 Å². The number of rotatable bonds is 7. The maximum atomic E-state index is 12.2. The smallest absolute Gasteiger partial charge is 0.342 e. The second-order valence-corrected chi connectivity index (χ2v) is 6.10. The monoisotopic (exact) mass is 440 g/mol. The van der Waals surface area contributed by atoms with E-state index in [1.54, 1.807) is 13.8 Å². The Morgan fingerprint density at radius 3 is 2.07 bits per heavy atom. The van der Waals surface area contributed by atoms with Gasteiger partial charge in [0.15, 0.2) is 11.5 Å². The maximum absolute atomic E-state index is 12.2. The van der Waals surface area contributed by atoms with Crippen molar-refractivity contribution in [3.63, 3.8) is 0 Å². The molecule has 1 aromatic carbocycles. The number of benzene rings is 1. The van der Waals surface area contributed by atoms with Gasteiger partial charge in [-0.05, 0) is 26.0 Å². The molecule has 0 aliphatic heterocycles. The Balaban J connectivity index is 2.96. The number of hydrogen-bond acceptors (Lipinski definition) is 6. The zero-order valence-electron chi connectivity index (χ0n) is 14.5. The number of H-pyrrole nitrogens is 1. The van der Waals surface area contributed by atoms with E-state index in [0.717, 1.165) is 0 Å². The zero-order valence-corrected chi connectivity index (χ0v) is 16.0. The Labute approximate surface area is 161 Å². The van der Waals surface area contributed by atoms with Crippen molar-refractivity contribution in [2.75, 3.05) is 18.9 Å². The van der Waals surface area contributed by atoms with Gasteiger partial charge >= 0.3 is 11.9 Å². The SMILES string of the molecule is CCOc1cc(Br)c(-c2c(C(=O)O)c(N)[nH]c(=O)c2C(=O)O)cc1OCC. The van der Waals surface area contributed by atoms with Crippen molar-refractivity contribution < 1.29 is 29.3 Å². The van der Waals surface area contributed by atoms with Gasteiger partial charge in [-0.15, -0.1) is 0 Å². The first kappa shape index (κ1) is 20.3. The second kappa shape index (κ2) is 8.12. The van der Waals surface area contributed by atoms with Gasteiger partial charge in [0.05, 0.1) is 13.2 Å². The van der Waals surface area contributed by atoms with Crippen molar-refractivity contribution >= 4 is 33.7 Å². The predicted molar refractivity (Wildman–Crippen MR) is 101 cm³/mol. The first-order valence-electron chi connectivity index (χ1n) is 7.84. The van der Waals surface area contributed by atoms with Crippen LogP contribution in [-0.4, -0.2) is 40.3 Å². The summed E-state index contributed by atoms with van der Waals surface area (Å²) in [4.78, 5) is 37.6. The van der Waals surface area contributed by atoms with Crippen molar-refractivity contribution in [1.82, 2.24) is 4.98 Å². The van der Waals surface area contributed by atoms with Gasteiger partial charge in [-0.25, -0.2) is 9.59 Å². The fraction of sp³-hybridized carbons (Fsp3) is 0.235. The molecular formula is C17H17BrN2O7. The van der Waals surface area contributed by atoms with E-state index >= 15 is 0 Å². The number of aromatic nitrogens is 1. The predicted octanol–water partition coefficient (Wildman–Crippen LogP) is 2.58. The molecule has 0 radical (unpaired) electrons. The number of carboxylic acid groups (broad SMARTS) is 2. The summed E-state index contributed by atoms with van der Waals surface area (Å²) in [7, 11) is 0. The van der Waals surface area contributed by atoms with E-state index in [4.69, 9.17) is 15.2 Å². The number of aromatic carboxylic acids is 2. The number of halogens is 1. The lowest BCUT2D eigenvalue weighted by atomic mass is 9.95. The fourth-order valence-corrected chi connectivity index (χ4v) is 3.10. The van der Waals surface area contributed by atoms with E-state index in [0.29, 0.717) is 16.8 Å². The minimum atomic E-state index is -1.59. The van der Waals surface area contributed by atoms with Crippen LogP contribution in [0, 0.1) is 0 Å². The lowest BCUT2D eigenvalue weighted by Crippen LogP contribution is -2.24. The van der Waals surface area contributed by atoms with Crippen LogP contribution < -0.4 is 20.8 Å². The largest absolute Gasteiger partial charge is 0.490 e. The van der Waals surface area contributed by atoms with Gasteiger partial charge in [-0.2, -0.15) is 0 Å². The highest BCUT2D eigenvalue weighted by atomic mass is 79.9. The molecule has 2 rings (SSSR count). The highest BCUT2D eigenvalue weighted by molar-refractivity contribution is 9.10. The Morgan fingerprint density at radius 1 is 1.07 bits per heavy atom. The molecule has 0 aliphatic carbocycles. The van der Waals surface area contributed by atoms with Gasteiger partial charge in [0.1, 0.15) is 16.9 Å². The van der Waals surface area contributed by atoms with Crippen LogP contribution in [0.25, 0.3) is 11.1 Å². The van der Waals surface area contributed by atoms with Gasteiger partial charge in [0.2, 0.25) is 0 Å². The second-order valence-electron chi connectivity index (χ2n) is 5.25. The molecular weight excluding hydrogens is 424 g/mol. The molecule has 5 N–H and O–H groups in total. The number of carboxylic acids is 2. The molecule has 2 aromatic rings. The molecule has 9 nitrogen and oxygen atoms in total. The Hall–Kier alpha value is -3.01. The molecule has 0 fully saturated rings. The quantitative estimate of drug-likeness (QED) is 0.512. The van der Waals surface area contributed by atoms with Crippen LogP contribution in [0.5, 0.6) is 11.5 Å². The summed E-state index contributed by atoms with van der Waals surface area (Å²) in [6.07, 6.45) is 0. The first-order valence-corrected chi connectivity index (χ1v) is 8.63. The van der Waals surface area contributed by atoms with Crippen molar-refractivity contribution in [3.8, 4) is 22.6 Å². The molecule has 0 unspecified atom stereocenters. The molecule has 0 saturated heterocycles. The number of ether oxygens (including phenoxy) is 2. The molecule has 144 valence electrons. The van der Waals surface area contributed by atoms with Crippen LogP contribution in [-0.2, 0) is 0 Å². The average molecular weight is 441 g/mol. The summed E-state index contributed by atoms with van der Waals surface area (Å²) < 4.78 is 11.3. The van der Waals surface area contributed by atoms with E-state index in [1.165, 1.54) is 12.1 Å². The van der Waals surface area contributed by atoms with Crippen LogP contribution in [0.3, 0.4) is 0 Å². The molecule has 1 aromatic heterocycles. The molecule has 10 heteroatoms. The number of nitrogen functional groups attached to an aromatic ring is 1. The summed E-state index contributed by atoms with van der Waals surface area (Å²) in [5.41, 5.74) is 3.16. The minimum absolute atomic E-state index is 0.120. The summed E-state index contributed by atoms with van der Waals surface area (Å²) in [5.74, 6) is -2.88. The number of carbonyl (C=O) groups is 2. The van der Waals surface area contributed by atoms with E-state index in [2.05, 4.69) is 20.9 Å². The third-order valence-corrected chi connectivity index (χ3v) is 4.23. The number of nitrogens with two attached hydrogens (primary N) is 1. The van der Waals surface area contributed by atoms with Gasteiger partial charge in [0, 0.05) is 15.6 Å². The molecule has 27 heavy (non-hydrogen) atoms. The van der Waals surface area contributed by atoms with E-state index < -0.39 is 34.4 Å². The fourth-order valence-electron chi connectivity index (χ4n) is 2.58. The molecule has 1 heterocycles.